The molecule has 2 rings (SSSR count). The Kier molecular flexibility index (Phi) is 4.82. The zero-order valence-corrected chi connectivity index (χ0v) is 14.3. The Morgan fingerprint density at radius 3 is 2.70 bits per heavy atom. The summed E-state index contributed by atoms with van der Waals surface area (Å²) in [6.45, 7) is 9.74. The number of hydrogen-bond acceptors (Lipinski definition) is 4. The highest BCUT2D eigenvalue weighted by Crippen LogP contribution is 2.34. The number of carbonyl (C=O) groups is 2. The Balaban J connectivity index is 2.11. The minimum atomic E-state index is -0.533. The van der Waals surface area contributed by atoms with Crippen LogP contribution in [0.1, 0.15) is 40.2 Å². The van der Waals surface area contributed by atoms with E-state index in [9.17, 15) is 9.59 Å². The number of alkyl carbamates (subject to hydrolysis) is 1. The van der Waals surface area contributed by atoms with E-state index in [0.29, 0.717) is 12.3 Å². The van der Waals surface area contributed by atoms with Crippen molar-refractivity contribution in [3.8, 4) is 5.75 Å². The van der Waals surface area contributed by atoms with E-state index in [1.807, 2.05) is 52.8 Å². The third-order valence-electron chi connectivity index (χ3n) is 3.25. The van der Waals surface area contributed by atoms with E-state index in [1.54, 1.807) is 4.90 Å². The number of carbonyl (C=O) groups excluding carboxylic acids is 2. The Morgan fingerprint density at radius 1 is 1.39 bits per heavy atom. The van der Waals surface area contributed by atoms with Gasteiger partial charge in [-0.15, -0.1) is 0 Å². The molecule has 0 unspecified atom stereocenters. The van der Waals surface area contributed by atoms with Crippen molar-refractivity contribution >= 4 is 17.7 Å². The Hall–Kier alpha value is -2.24. The van der Waals surface area contributed by atoms with E-state index in [1.165, 1.54) is 0 Å². The number of anilines is 1. The number of amides is 2. The molecule has 6 heteroatoms. The van der Waals surface area contributed by atoms with Gasteiger partial charge in [-0.25, -0.2) is 4.79 Å². The Labute approximate surface area is 136 Å². The van der Waals surface area contributed by atoms with Gasteiger partial charge >= 0.3 is 6.09 Å². The predicted octanol–water partition coefficient (Wildman–Crippen LogP) is 2.85. The molecule has 1 heterocycles. The maximum Gasteiger partial charge on any atom is 0.407 e. The number of ether oxygens (including phenoxy) is 2. The van der Waals surface area contributed by atoms with Gasteiger partial charge in [0.05, 0.1) is 5.69 Å². The number of fused-ring (bicyclic) bond motifs is 1. The fourth-order valence-electron chi connectivity index (χ4n) is 2.38. The van der Waals surface area contributed by atoms with E-state index >= 15 is 0 Å². The SMILES string of the molecule is CC(C)N1C(=O)COc2ccc(CNC(=O)OC(C)(C)C)cc21. The van der Waals surface area contributed by atoms with Crippen molar-refractivity contribution in [3.05, 3.63) is 23.8 Å². The molecule has 126 valence electrons. The second-order valence-corrected chi connectivity index (χ2v) is 6.80. The van der Waals surface area contributed by atoms with Crippen LogP contribution >= 0.6 is 0 Å². The molecule has 0 saturated carbocycles. The van der Waals surface area contributed by atoms with Gasteiger partial charge in [0.25, 0.3) is 5.91 Å². The molecule has 0 spiro atoms. The lowest BCUT2D eigenvalue weighted by molar-refractivity contribution is -0.121. The summed E-state index contributed by atoms with van der Waals surface area (Å²) in [4.78, 5) is 25.5. The van der Waals surface area contributed by atoms with E-state index in [2.05, 4.69) is 5.32 Å². The minimum Gasteiger partial charge on any atom is -0.482 e. The highest BCUT2D eigenvalue weighted by Gasteiger charge is 2.27. The number of nitrogens with zero attached hydrogens (tertiary/aromatic N) is 1. The number of rotatable bonds is 3. The molecule has 0 fully saturated rings. The van der Waals surface area contributed by atoms with Gasteiger partial charge in [0.2, 0.25) is 0 Å². The zero-order valence-electron chi connectivity index (χ0n) is 14.3. The van der Waals surface area contributed by atoms with E-state index in [4.69, 9.17) is 9.47 Å². The van der Waals surface area contributed by atoms with Gasteiger partial charge in [-0.1, -0.05) is 6.07 Å². The molecule has 23 heavy (non-hydrogen) atoms. The molecular formula is C17H24N2O4. The molecule has 0 aromatic heterocycles. The second kappa shape index (κ2) is 6.48. The summed E-state index contributed by atoms with van der Waals surface area (Å²) < 4.78 is 10.7. The quantitative estimate of drug-likeness (QED) is 0.930. The summed E-state index contributed by atoms with van der Waals surface area (Å²) in [7, 11) is 0. The van der Waals surface area contributed by atoms with Crippen molar-refractivity contribution in [1.82, 2.24) is 5.32 Å². The summed E-state index contributed by atoms with van der Waals surface area (Å²) in [5, 5.41) is 2.71. The monoisotopic (exact) mass is 320 g/mol. The summed E-state index contributed by atoms with van der Waals surface area (Å²) in [6.07, 6.45) is -0.469. The van der Waals surface area contributed by atoms with Crippen LogP contribution in [0.3, 0.4) is 0 Å². The standard InChI is InChI=1S/C17H24N2O4/c1-11(2)19-13-8-12(6-7-14(13)22-10-15(19)20)9-18-16(21)23-17(3,4)5/h6-8,11H,9-10H2,1-5H3,(H,18,21). The average molecular weight is 320 g/mol. The molecule has 2 amide bonds. The van der Waals surface area contributed by atoms with Gasteiger partial charge in [-0.3, -0.25) is 4.79 Å². The molecule has 1 aromatic carbocycles. The molecule has 1 N–H and O–H groups in total. The molecule has 0 atom stereocenters. The highest BCUT2D eigenvalue weighted by atomic mass is 16.6. The Bertz CT molecular complexity index is 605. The van der Waals surface area contributed by atoms with Crippen LogP contribution in [-0.4, -0.2) is 30.3 Å². The zero-order chi connectivity index (χ0) is 17.2. The third-order valence-corrected chi connectivity index (χ3v) is 3.25. The lowest BCUT2D eigenvalue weighted by Gasteiger charge is -2.32. The first kappa shape index (κ1) is 17.1. The molecule has 1 aromatic rings. The summed E-state index contributed by atoms with van der Waals surface area (Å²) in [5.41, 5.74) is 1.08. The molecule has 1 aliphatic heterocycles. The summed E-state index contributed by atoms with van der Waals surface area (Å²) in [5.74, 6) is 0.615. The predicted molar refractivity (Wildman–Crippen MR) is 87.6 cm³/mol. The van der Waals surface area contributed by atoms with Gasteiger partial charge in [0.1, 0.15) is 11.4 Å². The number of hydrogen-bond donors (Lipinski definition) is 1. The molecule has 0 bridgehead atoms. The fraction of sp³-hybridized carbons (Fsp3) is 0.529. The largest absolute Gasteiger partial charge is 0.482 e. The first-order chi connectivity index (χ1) is 10.7. The van der Waals surface area contributed by atoms with Crippen molar-refractivity contribution in [2.45, 2.75) is 52.8 Å². The van der Waals surface area contributed by atoms with Gasteiger partial charge in [0.15, 0.2) is 6.61 Å². The topological polar surface area (TPSA) is 67.9 Å². The highest BCUT2D eigenvalue weighted by molar-refractivity contribution is 5.98. The lowest BCUT2D eigenvalue weighted by atomic mass is 10.1. The van der Waals surface area contributed by atoms with Crippen molar-refractivity contribution in [2.24, 2.45) is 0 Å². The normalized spacial score (nSPS) is 14.3. The van der Waals surface area contributed by atoms with E-state index in [0.717, 1.165) is 11.3 Å². The van der Waals surface area contributed by atoms with Gasteiger partial charge < -0.3 is 19.7 Å². The van der Waals surface area contributed by atoms with Crippen molar-refractivity contribution in [2.75, 3.05) is 11.5 Å². The van der Waals surface area contributed by atoms with Crippen LogP contribution in [0, 0.1) is 0 Å². The van der Waals surface area contributed by atoms with Gasteiger partial charge in [-0.05, 0) is 52.3 Å². The second-order valence-electron chi connectivity index (χ2n) is 6.80. The Morgan fingerprint density at radius 2 is 2.09 bits per heavy atom. The van der Waals surface area contributed by atoms with Crippen LogP contribution < -0.4 is 15.0 Å². The van der Waals surface area contributed by atoms with Gasteiger partial charge in [0, 0.05) is 12.6 Å². The molecule has 0 radical (unpaired) electrons. The van der Waals surface area contributed by atoms with Gasteiger partial charge in [-0.2, -0.15) is 0 Å². The van der Waals surface area contributed by atoms with Crippen molar-refractivity contribution in [3.63, 3.8) is 0 Å². The average Bonchev–Trinajstić information content (AvgIpc) is 2.42. The van der Waals surface area contributed by atoms with Crippen LogP contribution in [0.4, 0.5) is 10.5 Å². The van der Waals surface area contributed by atoms with Crippen LogP contribution in [0.2, 0.25) is 0 Å². The molecule has 0 saturated heterocycles. The van der Waals surface area contributed by atoms with Crippen molar-refractivity contribution < 1.29 is 19.1 Å². The molecule has 0 aliphatic carbocycles. The maximum absolute atomic E-state index is 12.0. The van der Waals surface area contributed by atoms with E-state index < -0.39 is 11.7 Å². The fourth-order valence-corrected chi connectivity index (χ4v) is 2.38. The number of nitrogens with one attached hydrogen (secondary N) is 1. The summed E-state index contributed by atoms with van der Waals surface area (Å²) >= 11 is 0. The lowest BCUT2D eigenvalue weighted by Crippen LogP contribution is -2.43. The van der Waals surface area contributed by atoms with Crippen LogP contribution in [-0.2, 0) is 16.1 Å². The number of benzene rings is 1. The maximum atomic E-state index is 12.0. The van der Waals surface area contributed by atoms with E-state index in [-0.39, 0.29) is 18.6 Å². The van der Waals surface area contributed by atoms with Crippen LogP contribution in [0.15, 0.2) is 18.2 Å². The van der Waals surface area contributed by atoms with Crippen LogP contribution in [0.25, 0.3) is 0 Å². The minimum absolute atomic E-state index is 0.0409. The first-order valence-electron chi connectivity index (χ1n) is 7.72. The molecule has 1 aliphatic rings. The molecule has 6 nitrogen and oxygen atoms in total. The molecular weight excluding hydrogens is 296 g/mol. The van der Waals surface area contributed by atoms with Crippen LogP contribution in [0.5, 0.6) is 5.75 Å². The first-order valence-corrected chi connectivity index (χ1v) is 7.72. The third kappa shape index (κ3) is 4.37. The summed E-state index contributed by atoms with van der Waals surface area (Å²) in [6, 6.07) is 5.59. The van der Waals surface area contributed by atoms with Crippen molar-refractivity contribution in [1.29, 1.82) is 0 Å². The smallest absolute Gasteiger partial charge is 0.407 e.